The standard InChI is InChI=1S/C23H21N3O2S2/c1-16-8-10-17(11-9-16)14-26-22(28)19-6-2-3-7-20(19)25-23(26)30-15-21(27)24-13-18-5-4-12-29-18/h2-12H,13-15H2,1H3,(H,24,27). The van der Waals surface area contributed by atoms with Crippen LogP contribution in [0.15, 0.2) is 76.0 Å². The average Bonchev–Trinajstić information content (AvgIpc) is 3.28. The Kier molecular flexibility index (Phi) is 6.30. The number of carbonyl (C=O) groups excluding carboxylic acids is 1. The van der Waals surface area contributed by atoms with Gasteiger partial charge in [0.15, 0.2) is 5.16 Å². The summed E-state index contributed by atoms with van der Waals surface area (Å²) in [5.74, 6) is 0.113. The number of benzene rings is 2. The second-order valence-corrected chi connectivity index (χ2v) is 8.91. The number of carbonyl (C=O) groups is 1. The van der Waals surface area contributed by atoms with Gasteiger partial charge >= 0.3 is 0 Å². The van der Waals surface area contributed by atoms with Gasteiger partial charge in [0.1, 0.15) is 0 Å². The molecule has 7 heteroatoms. The van der Waals surface area contributed by atoms with Gasteiger partial charge in [-0.05, 0) is 36.1 Å². The molecule has 2 heterocycles. The number of fused-ring (bicyclic) bond motifs is 1. The third-order valence-electron chi connectivity index (χ3n) is 4.66. The van der Waals surface area contributed by atoms with Crippen molar-refractivity contribution in [2.24, 2.45) is 0 Å². The molecule has 1 N–H and O–H groups in total. The topological polar surface area (TPSA) is 64.0 Å². The highest BCUT2D eigenvalue weighted by atomic mass is 32.2. The fourth-order valence-corrected chi connectivity index (χ4v) is 4.53. The Bertz CT molecular complexity index is 1220. The normalized spacial score (nSPS) is 11.0. The van der Waals surface area contributed by atoms with Gasteiger partial charge in [0, 0.05) is 4.88 Å². The molecule has 0 atom stereocenters. The third-order valence-corrected chi connectivity index (χ3v) is 6.51. The number of hydrogen-bond acceptors (Lipinski definition) is 5. The van der Waals surface area contributed by atoms with Crippen LogP contribution in [0.2, 0.25) is 0 Å². The van der Waals surface area contributed by atoms with Gasteiger partial charge in [-0.25, -0.2) is 4.98 Å². The van der Waals surface area contributed by atoms with Gasteiger partial charge in [0.2, 0.25) is 5.91 Å². The fraction of sp³-hybridized carbons (Fsp3) is 0.174. The van der Waals surface area contributed by atoms with E-state index in [0.29, 0.717) is 29.1 Å². The zero-order valence-electron chi connectivity index (χ0n) is 16.5. The van der Waals surface area contributed by atoms with Crippen molar-refractivity contribution >= 4 is 39.9 Å². The Balaban J connectivity index is 1.57. The van der Waals surface area contributed by atoms with E-state index in [1.165, 1.54) is 17.3 Å². The first-order valence-corrected chi connectivity index (χ1v) is 11.4. The number of aryl methyl sites for hydroxylation is 1. The number of amides is 1. The van der Waals surface area contributed by atoms with E-state index in [1.807, 2.05) is 66.9 Å². The fourth-order valence-electron chi connectivity index (χ4n) is 3.05. The van der Waals surface area contributed by atoms with Crippen molar-refractivity contribution in [2.45, 2.75) is 25.2 Å². The molecule has 0 radical (unpaired) electrons. The number of para-hydroxylation sites is 1. The Morgan fingerprint density at radius 2 is 1.90 bits per heavy atom. The minimum Gasteiger partial charge on any atom is -0.350 e. The lowest BCUT2D eigenvalue weighted by Gasteiger charge is -2.13. The highest BCUT2D eigenvalue weighted by Gasteiger charge is 2.14. The highest BCUT2D eigenvalue weighted by molar-refractivity contribution is 7.99. The molecule has 1 amide bonds. The van der Waals surface area contributed by atoms with Crippen LogP contribution in [0.4, 0.5) is 0 Å². The van der Waals surface area contributed by atoms with Gasteiger partial charge in [0.05, 0.1) is 29.7 Å². The predicted octanol–water partition coefficient (Wildman–Crippen LogP) is 4.22. The number of aromatic nitrogens is 2. The maximum atomic E-state index is 13.2. The molecule has 0 unspecified atom stereocenters. The summed E-state index contributed by atoms with van der Waals surface area (Å²) >= 11 is 2.90. The first-order chi connectivity index (χ1) is 14.6. The van der Waals surface area contributed by atoms with Crippen LogP contribution in [-0.2, 0) is 17.9 Å². The van der Waals surface area contributed by atoms with Crippen molar-refractivity contribution in [1.82, 2.24) is 14.9 Å². The number of rotatable bonds is 7. The lowest BCUT2D eigenvalue weighted by atomic mass is 10.1. The summed E-state index contributed by atoms with van der Waals surface area (Å²) in [5, 5.41) is 6.03. The van der Waals surface area contributed by atoms with Gasteiger partial charge < -0.3 is 5.32 Å². The quantitative estimate of drug-likeness (QED) is 0.349. The van der Waals surface area contributed by atoms with Crippen LogP contribution in [-0.4, -0.2) is 21.2 Å². The van der Waals surface area contributed by atoms with Gasteiger partial charge in [0.25, 0.3) is 5.56 Å². The maximum Gasteiger partial charge on any atom is 0.262 e. The Morgan fingerprint density at radius 3 is 2.67 bits per heavy atom. The smallest absolute Gasteiger partial charge is 0.262 e. The summed E-state index contributed by atoms with van der Waals surface area (Å²) in [6, 6.07) is 19.4. The minimum atomic E-state index is -0.0948. The van der Waals surface area contributed by atoms with E-state index >= 15 is 0 Å². The lowest BCUT2D eigenvalue weighted by molar-refractivity contribution is -0.118. The molecular formula is C23H21N3O2S2. The van der Waals surface area contributed by atoms with Crippen LogP contribution in [0.1, 0.15) is 16.0 Å². The molecule has 0 bridgehead atoms. The summed E-state index contributed by atoms with van der Waals surface area (Å²) in [4.78, 5) is 31.3. The van der Waals surface area contributed by atoms with Crippen molar-refractivity contribution in [3.8, 4) is 0 Å². The minimum absolute atomic E-state index is 0.0855. The molecule has 4 aromatic rings. The Morgan fingerprint density at radius 1 is 1.10 bits per heavy atom. The number of hydrogen-bond donors (Lipinski definition) is 1. The molecule has 0 saturated heterocycles. The van der Waals surface area contributed by atoms with Crippen molar-refractivity contribution in [2.75, 3.05) is 5.75 Å². The van der Waals surface area contributed by atoms with Crippen molar-refractivity contribution < 1.29 is 4.79 Å². The summed E-state index contributed by atoms with van der Waals surface area (Å²) < 4.78 is 1.66. The van der Waals surface area contributed by atoms with E-state index < -0.39 is 0 Å². The van der Waals surface area contributed by atoms with Gasteiger partial charge in [-0.3, -0.25) is 14.2 Å². The zero-order valence-corrected chi connectivity index (χ0v) is 18.1. The monoisotopic (exact) mass is 435 g/mol. The van der Waals surface area contributed by atoms with E-state index in [9.17, 15) is 9.59 Å². The molecule has 0 aliphatic heterocycles. The molecule has 0 aliphatic carbocycles. The largest absolute Gasteiger partial charge is 0.350 e. The second-order valence-electron chi connectivity index (χ2n) is 6.93. The van der Waals surface area contributed by atoms with Crippen molar-refractivity contribution in [3.05, 3.63) is 92.4 Å². The zero-order chi connectivity index (χ0) is 20.9. The van der Waals surface area contributed by atoms with Crippen molar-refractivity contribution in [1.29, 1.82) is 0 Å². The molecular weight excluding hydrogens is 414 g/mol. The van der Waals surface area contributed by atoms with E-state index in [0.717, 1.165) is 10.4 Å². The molecule has 0 fully saturated rings. The summed E-state index contributed by atoms with van der Waals surface area (Å²) in [7, 11) is 0. The van der Waals surface area contributed by atoms with Gasteiger partial charge in [-0.1, -0.05) is 59.8 Å². The molecule has 5 nitrogen and oxygen atoms in total. The first kappa shape index (κ1) is 20.4. The third kappa shape index (κ3) is 4.80. The van der Waals surface area contributed by atoms with Crippen LogP contribution >= 0.6 is 23.1 Å². The highest BCUT2D eigenvalue weighted by Crippen LogP contribution is 2.19. The van der Waals surface area contributed by atoms with E-state index in [4.69, 9.17) is 0 Å². The van der Waals surface area contributed by atoms with Crippen LogP contribution < -0.4 is 10.9 Å². The number of nitrogens with zero attached hydrogens (tertiary/aromatic N) is 2. The number of thioether (sulfide) groups is 1. The number of thiophene rings is 1. The summed E-state index contributed by atoms with van der Waals surface area (Å²) in [6.07, 6.45) is 0. The lowest BCUT2D eigenvalue weighted by Crippen LogP contribution is -2.27. The predicted molar refractivity (Wildman–Crippen MR) is 123 cm³/mol. The molecule has 2 aromatic carbocycles. The Labute approximate surface area is 182 Å². The second kappa shape index (κ2) is 9.28. The van der Waals surface area contributed by atoms with Crippen LogP contribution in [0.25, 0.3) is 10.9 Å². The number of nitrogens with one attached hydrogen (secondary N) is 1. The Hall–Kier alpha value is -2.90. The average molecular weight is 436 g/mol. The first-order valence-electron chi connectivity index (χ1n) is 9.57. The molecule has 0 saturated carbocycles. The molecule has 4 rings (SSSR count). The van der Waals surface area contributed by atoms with E-state index in [2.05, 4.69) is 10.3 Å². The van der Waals surface area contributed by atoms with Crippen LogP contribution in [0.5, 0.6) is 0 Å². The molecule has 0 spiro atoms. The summed E-state index contributed by atoms with van der Waals surface area (Å²) in [6.45, 7) is 2.96. The van der Waals surface area contributed by atoms with Gasteiger partial charge in [-0.2, -0.15) is 0 Å². The SMILES string of the molecule is Cc1ccc(Cn2c(SCC(=O)NCc3cccs3)nc3ccccc3c2=O)cc1. The van der Waals surface area contributed by atoms with Gasteiger partial charge in [-0.15, -0.1) is 11.3 Å². The summed E-state index contributed by atoms with van der Waals surface area (Å²) in [5.41, 5.74) is 2.73. The van der Waals surface area contributed by atoms with E-state index in [1.54, 1.807) is 22.0 Å². The van der Waals surface area contributed by atoms with Crippen LogP contribution in [0, 0.1) is 6.92 Å². The molecule has 152 valence electrons. The van der Waals surface area contributed by atoms with Crippen molar-refractivity contribution in [3.63, 3.8) is 0 Å². The van der Waals surface area contributed by atoms with Crippen LogP contribution in [0.3, 0.4) is 0 Å². The molecule has 30 heavy (non-hydrogen) atoms. The van der Waals surface area contributed by atoms with E-state index in [-0.39, 0.29) is 17.2 Å². The maximum absolute atomic E-state index is 13.2. The molecule has 0 aliphatic rings. The molecule has 2 aromatic heterocycles.